The van der Waals surface area contributed by atoms with Crippen LogP contribution >= 0.6 is 0 Å². The van der Waals surface area contributed by atoms with Gasteiger partial charge in [0.1, 0.15) is 0 Å². The van der Waals surface area contributed by atoms with E-state index in [4.69, 9.17) is 9.47 Å². The van der Waals surface area contributed by atoms with Crippen molar-refractivity contribution in [3.63, 3.8) is 0 Å². The van der Waals surface area contributed by atoms with Crippen molar-refractivity contribution in [1.82, 2.24) is 0 Å². The van der Waals surface area contributed by atoms with E-state index in [0.29, 0.717) is 0 Å². The number of para-hydroxylation sites is 1. The number of fused-ring (bicyclic) bond motifs is 4. The zero-order valence-electron chi connectivity index (χ0n) is 13.1. The Hall–Kier alpha value is -2.29. The van der Waals surface area contributed by atoms with Gasteiger partial charge >= 0.3 is 0 Å². The summed E-state index contributed by atoms with van der Waals surface area (Å²) in [6, 6.07) is 13.0. The van der Waals surface area contributed by atoms with Crippen LogP contribution in [-0.4, -0.2) is 31.1 Å². The number of rotatable bonds is 2. The van der Waals surface area contributed by atoms with Crippen LogP contribution < -0.4 is 9.47 Å². The highest BCUT2D eigenvalue weighted by atomic mass is 16.5. The molecule has 2 aromatic carbocycles. The topological polar surface area (TPSA) is 21.5 Å². The molecule has 2 heterocycles. The maximum Gasteiger partial charge on any atom is 0.208 e. The summed E-state index contributed by atoms with van der Waals surface area (Å²) < 4.78 is 13.4. The summed E-state index contributed by atoms with van der Waals surface area (Å²) in [4.78, 5) is 0. The highest BCUT2D eigenvalue weighted by Gasteiger charge is 2.33. The summed E-state index contributed by atoms with van der Waals surface area (Å²) in [5.74, 6) is 1.64. The van der Waals surface area contributed by atoms with Gasteiger partial charge in [0, 0.05) is 30.0 Å². The molecule has 0 atom stereocenters. The predicted molar refractivity (Wildman–Crippen MR) is 86.9 cm³/mol. The monoisotopic (exact) mass is 294 g/mol. The van der Waals surface area contributed by atoms with E-state index in [0.717, 1.165) is 37.3 Å². The van der Waals surface area contributed by atoms with Gasteiger partial charge in [-0.2, -0.15) is 4.58 Å². The van der Waals surface area contributed by atoms with Crippen molar-refractivity contribution < 1.29 is 14.0 Å². The molecule has 0 aliphatic carbocycles. The number of aryl methyl sites for hydroxylation is 1. The minimum absolute atomic E-state index is 0.814. The SMILES string of the molecule is COc1cc2c(cc1OC)C1=[N+](CC2)c2ccccc2CC1. The van der Waals surface area contributed by atoms with E-state index in [1.165, 1.54) is 28.1 Å². The van der Waals surface area contributed by atoms with Crippen LogP contribution in [0.4, 0.5) is 5.69 Å². The molecule has 0 radical (unpaired) electrons. The first-order chi connectivity index (χ1) is 10.8. The molecular weight excluding hydrogens is 274 g/mol. The third-order valence-electron chi connectivity index (χ3n) is 4.76. The van der Waals surface area contributed by atoms with Crippen molar-refractivity contribution in [2.24, 2.45) is 0 Å². The Morgan fingerprint density at radius 3 is 2.45 bits per heavy atom. The molecule has 2 aliphatic heterocycles. The molecule has 0 unspecified atom stereocenters. The molecule has 0 N–H and O–H groups in total. The molecule has 112 valence electrons. The number of benzene rings is 2. The van der Waals surface area contributed by atoms with E-state index in [-0.39, 0.29) is 0 Å². The van der Waals surface area contributed by atoms with E-state index in [1.807, 2.05) is 0 Å². The lowest BCUT2D eigenvalue weighted by Crippen LogP contribution is -2.30. The van der Waals surface area contributed by atoms with Crippen LogP contribution in [0, 0.1) is 0 Å². The average molecular weight is 294 g/mol. The van der Waals surface area contributed by atoms with E-state index in [1.54, 1.807) is 14.2 Å². The molecule has 0 saturated heterocycles. The lowest BCUT2D eigenvalue weighted by molar-refractivity contribution is -0.445. The van der Waals surface area contributed by atoms with Gasteiger partial charge in [-0.3, -0.25) is 0 Å². The normalized spacial score (nSPS) is 15.7. The largest absolute Gasteiger partial charge is 0.493 e. The van der Waals surface area contributed by atoms with Crippen LogP contribution in [0.3, 0.4) is 0 Å². The molecule has 3 heteroatoms. The third-order valence-corrected chi connectivity index (χ3v) is 4.76. The third kappa shape index (κ3) is 1.92. The first-order valence-corrected chi connectivity index (χ1v) is 7.78. The summed E-state index contributed by atoms with van der Waals surface area (Å²) in [6.07, 6.45) is 3.23. The second-order valence-corrected chi connectivity index (χ2v) is 5.84. The average Bonchev–Trinajstić information content (AvgIpc) is 2.59. The van der Waals surface area contributed by atoms with Crippen LogP contribution in [0.1, 0.15) is 23.1 Å². The van der Waals surface area contributed by atoms with Crippen LogP contribution in [0.25, 0.3) is 0 Å². The predicted octanol–water partition coefficient (Wildman–Crippen LogP) is 3.34. The van der Waals surface area contributed by atoms with Gasteiger partial charge in [0.05, 0.1) is 14.2 Å². The molecule has 4 rings (SSSR count). The lowest BCUT2D eigenvalue weighted by Gasteiger charge is -2.24. The van der Waals surface area contributed by atoms with Gasteiger partial charge in [-0.05, 0) is 24.1 Å². The van der Waals surface area contributed by atoms with Gasteiger partial charge in [-0.25, -0.2) is 0 Å². The van der Waals surface area contributed by atoms with Gasteiger partial charge < -0.3 is 9.47 Å². The van der Waals surface area contributed by atoms with Crippen molar-refractivity contribution in [3.8, 4) is 11.5 Å². The number of hydrogen-bond donors (Lipinski definition) is 0. The summed E-state index contributed by atoms with van der Waals surface area (Å²) in [5, 5.41) is 0. The Balaban J connectivity index is 1.90. The Kier molecular flexibility index (Phi) is 3.14. The molecule has 0 amide bonds. The van der Waals surface area contributed by atoms with Crippen LogP contribution in [0.2, 0.25) is 0 Å². The molecule has 0 fully saturated rings. The highest BCUT2D eigenvalue weighted by Crippen LogP contribution is 2.36. The number of ether oxygens (including phenoxy) is 2. The standard InChI is InChI=1S/C19H20NO2/c1-21-18-11-14-9-10-20-16-6-4-3-5-13(16)7-8-17(20)15(14)12-19(18)22-2/h3-6,11-12H,7-10H2,1-2H3/q+1. The molecule has 0 spiro atoms. The minimum atomic E-state index is 0.814. The van der Waals surface area contributed by atoms with Gasteiger partial charge in [0.25, 0.3) is 0 Å². The van der Waals surface area contributed by atoms with Crippen molar-refractivity contribution in [2.45, 2.75) is 19.3 Å². The zero-order valence-corrected chi connectivity index (χ0v) is 13.1. The van der Waals surface area contributed by atoms with E-state index in [2.05, 4.69) is 41.0 Å². The van der Waals surface area contributed by atoms with Crippen molar-refractivity contribution >= 4 is 11.4 Å². The maximum atomic E-state index is 5.49. The molecule has 2 aromatic rings. The molecule has 0 aromatic heterocycles. The van der Waals surface area contributed by atoms with Crippen molar-refractivity contribution in [2.75, 3.05) is 20.8 Å². The Morgan fingerprint density at radius 2 is 1.64 bits per heavy atom. The summed E-state index contributed by atoms with van der Waals surface area (Å²) in [5.41, 5.74) is 6.92. The Morgan fingerprint density at radius 1 is 0.864 bits per heavy atom. The Labute approximate surface area is 130 Å². The smallest absolute Gasteiger partial charge is 0.208 e. The second-order valence-electron chi connectivity index (χ2n) is 5.84. The van der Waals surface area contributed by atoms with Gasteiger partial charge in [-0.1, -0.05) is 18.2 Å². The maximum absolute atomic E-state index is 5.49. The zero-order chi connectivity index (χ0) is 15.1. The molecule has 0 saturated carbocycles. The molecule has 22 heavy (non-hydrogen) atoms. The fourth-order valence-electron chi connectivity index (χ4n) is 3.68. The Bertz CT molecular complexity index is 777. The van der Waals surface area contributed by atoms with E-state index >= 15 is 0 Å². The lowest BCUT2D eigenvalue weighted by atomic mass is 9.89. The van der Waals surface area contributed by atoms with Gasteiger partial charge in [0.15, 0.2) is 23.8 Å². The number of hydrogen-bond acceptors (Lipinski definition) is 2. The molecular formula is C19H20NO2+. The summed E-state index contributed by atoms with van der Waals surface area (Å²) >= 11 is 0. The first kappa shape index (κ1) is 13.4. The summed E-state index contributed by atoms with van der Waals surface area (Å²) in [7, 11) is 3.40. The second kappa shape index (κ2) is 5.16. The van der Waals surface area contributed by atoms with E-state index < -0.39 is 0 Å². The quantitative estimate of drug-likeness (QED) is 0.792. The van der Waals surface area contributed by atoms with Gasteiger partial charge in [-0.15, -0.1) is 0 Å². The first-order valence-electron chi connectivity index (χ1n) is 7.78. The minimum Gasteiger partial charge on any atom is -0.493 e. The highest BCUT2D eigenvalue weighted by molar-refractivity contribution is 6.01. The fraction of sp³-hybridized carbons (Fsp3) is 0.316. The fourth-order valence-corrected chi connectivity index (χ4v) is 3.68. The molecule has 3 nitrogen and oxygen atoms in total. The summed E-state index contributed by atoms with van der Waals surface area (Å²) in [6.45, 7) is 1.04. The molecule has 0 bridgehead atoms. The van der Waals surface area contributed by atoms with Crippen LogP contribution in [0.15, 0.2) is 36.4 Å². The molecule has 2 aliphatic rings. The van der Waals surface area contributed by atoms with Crippen molar-refractivity contribution in [3.05, 3.63) is 53.1 Å². The number of nitrogens with zero attached hydrogens (tertiary/aromatic N) is 1. The van der Waals surface area contributed by atoms with Crippen LogP contribution in [0.5, 0.6) is 11.5 Å². The van der Waals surface area contributed by atoms with Crippen LogP contribution in [-0.2, 0) is 12.8 Å². The van der Waals surface area contributed by atoms with Crippen molar-refractivity contribution in [1.29, 1.82) is 0 Å². The van der Waals surface area contributed by atoms with E-state index in [9.17, 15) is 0 Å². The number of methoxy groups -OCH3 is 2. The van der Waals surface area contributed by atoms with Gasteiger partial charge in [0.2, 0.25) is 5.69 Å².